The van der Waals surface area contributed by atoms with Crippen LogP contribution in [0.3, 0.4) is 0 Å². The fraction of sp³-hybridized carbons (Fsp3) is 0.125. The summed E-state index contributed by atoms with van der Waals surface area (Å²) >= 11 is 0.997. The topological polar surface area (TPSA) is 38.9 Å². The molecule has 68 valence electrons. The van der Waals surface area contributed by atoms with Gasteiger partial charge in [0.2, 0.25) is 0 Å². The highest BCUT2D eigenvalue weighted by molar-refractivity contribution is 7.18. The monoisotopic (exact) mass is 200 g/mol. The number of hydrogen-bond donors (Lipinski definition) is 1. The van der Waals surface area contributed by atoms with Gasteiger partial charge >= 0.3 is 0 Å². The maximum Gasteiger partial charge on any atom is 0.289 e. The molecule has 1 aromatic heterocycles. The highest BCUT2D eigenvalue weighted by atomic mass is 32.1. The first-order valence-corrected chi connectivity index (χ1v) is 4.42. The number of anilines is 1. The summed E-state index contributed by atoms with van der Waals surface area (Å²) in [5.41, 5.74) is 6.57. The van der Waals surface area contributed by atoms with Gasteiger partial charge in [-0.2, -0.15) is 0 Å². The van der Waals surface area contributed by atoms with E-state index < -0.39 is 6.43 Å². The fourth-order valence-corrected chi connectivity index (χ4v) is 1.86. The van der Waals surface area contributed by atoms with Gasteiger partial charge in [-0.1, -0.05) is 0 Å². The number of hydrogen-bond acceptors (Lipinski definition) is 3. The number of halogens is 2. The molecule has 1 aromatic carbocycles. The van der Waals surface area contributed by atoms with E-state index in [1.807, 2.05) is 0 Å². The quantitative estimate of drug-likeness (QED) is 0.719. The normalized spacial score (nSPS) is 11.3. The van der Waals surface area contributed by atoms with E-state index in [1.54, 1.807) is 18.2 Å². The second-order valence-electron chi connectivity index (χ2n) is 2.58. The van der Waals surface area contributed by atoms with Gasteiger partial charge in [0, 0.05) is 5.69 Å². The third-order valence-electron chi connectivity index (χ3n) is 1.61. The molecule has 5 heteroatoms. The molecule has 13 heavy (non-hydrogen) atoms. The molecule has 0 aliphatic heterocycles. The number of rotatable bonds is 1. The van der Waals surface area contributed by atoms with Crippen molar-refractivity contribution in [1.82, 2.24) is 4.98 Å². The molecule has 0 saturated heterocycles. The second kappa shape index (κ2) is 2.92. The Morgan fingerprint density at radius 2 is 2.15 bits per heavy atom. The maximum atomic E-state index is 12.2. The molecule has 0 radical (unpaired) electrons. The van der Waals surface area contributed by atoms with Crippen LogP contribution in [0, 0.1) is 0 Å². The number of nitrogen functional groups attached to an aromatic ring is 1. The maximum absolute atomic E-state index is 12.2. The average Bonchev–Trinajstić information content (AvgIpc) is 2.46. The van der Waals surface area contributed by atoms with Crippen molar-refractivity contribution in [2.45, 2.75) is 6.43 Å². The molecule has 2 N–H and O–H groups in total. The van der Waals surface area contributed by atoms with Crippen molar-refractivity contribution in [2.75, 3.05) is 5.73 Å². The number of benzene rings is 1. The van der Waals surface area contributed by atoms with E-state index in [2.05, 4.69) is 4.98 Å². The summed E-state index contributed by atoms with van der Waals surface area (Å²) in [4.78, 5) is 3.76. The van der Waals surface area contributed by atoms with Gasteiger partial charge in [-0.15, -0.1) is 11.3 Å². The van der Waals surface area contributed by atoms with Crippen LogP contribution in [0.2, 0.25) is 0 Å². The van der Waals surface area contributed by atoms with Crippen molar-refractivity contribution in [3.8, 4) is 0 Å². The molecule has 2 rings (SSSR count). The molecule has 2 aromatic rings. The molecule has 0 atom stereocenters. The second-order valence-corrected chi connectivity index (χ2v) is 3.64. The van der Waals surface area contributed by atoms with Gasteiger partial charge in [-0.05, 0) is 18.2 Å². The van der Waals surface area contributed by atoms with E-state index in [4.69, 9.17) is 5.73 Å². The average molecular weight is 200 g/mol. The van der Waals surface area contributed by atoms with Crippen LogP contribution >= 0.6 is 11.3 Å². The Morgan fingerprint density at radius 1 is 1.38 bits per heavy atom. The van der Waals surface area contributed by atoms with E-state index in [0.717, 1.165) is 16.0 Å². The molecule has 0 aliphatic rings. The summed E-state index contributed by atoms with van der Waals surface area (Å²) in [5.74, 6) is 0. The van der Waals surface area contributed by atoms with Crippen LogP contribution in [0.25, 0.3) is 10.2 Å². The van der Waals surface area contributed by atoms with Gasteiger partial charge in [0.05, 0.1) is 10.2 Å². The summed E-state index contributed by atoms with van der Waals surface area (Å²) < 4.78 is 25.2. The van der Waals surface area contributed by atoms with Gasteiger partial charge in [0.15, 0.2) is 5.01 Å². The van der Waals surface area contributed by atoms with Crippen molar-refractivity contribution in [2.24, 2.45) is 0 Å². The highest BCUT2D eigenvalue weighted by Gasteiger charge is 2.12. The number of fused-ring (bicyclic) bond motifs is 1. The molecule has 0 aliphatic carbocycles. The van der Waals surface area contributed by atoms with E-state index in [1.165, 1.54) is 0 Å². The summed E-state index contributed by atoms with van der Waals surface area (Å²) in [6.45, 7) is 0. The molecule has 0 saturated carbocycles. The molecular formula is C8H6F2N2S. The van der Waals surface area contributed by atoms with Crippen LogP contribution in [0.5, 0.6) is 0 Å². The predicted octanol–water partition coefficient (Wildman–Crippen LogP) is 2.82. The Balaban J connectivity index is 2.62. The first kappa shape index (κ1) is 8.37. The Morgan fingerprint density at radius 3 is 2.85 bits per heavy atom. The summed E-state index contributed by atoms with van der Waals surface area (Å²) in [6, 6.07) is 4.97. The van der Waals surface area contributed by atoms with E-state index in [9.17, 15) is 8.78 Å². The zero-order valence-electron chi connectivity index (χ0n) is 6.50. The summed E-state index contributed by atoms with van der Waals surface area (Å²) in [7, 11) is 0. The summed E-state index contributed by atoms with van der Waals surface area (Å²) in [6.07, 6.45) is -2.50. The number of nitrogens with zero attached hydrogens (tertiary/aromatic N) is 1. The van der Waals surface area contributed by atoms with E-state index in [0.29, 0.717) is 11.2 Å². The Labute approximate surface area is 77.0 Å². The van der Waals surface area contributed by atoms with Gasteiger partial charge in [0.25, 0.3) is 6.43 Å². The molecule has 2 nitrogen and oxygen atoms in total. The molecular weight excluding hydrogens is 194 g/mol. The SMILES string of the molecule is Nc1ccc2sc(C(F)F)nc2c1. The first-order valence-electron chi connectivity index (χ1n) is 3.61. The number of nitrogens with two attached hydrogens (primary N) is 1. The van der Waals surface area contributed by atoms with Gasteiger partial charge in [-0.25, -0.2) is 13.8 Å². The van der Waals surface area contributed by atoms with Crippen molar-refractivity contribution >= 4 is 27.2 Å². The third kappa shape index (κ3) is 1.47. The third-order valence-corrected chi connectivity index (χ3v) is 2.66. The van der Waals surface area contributed by atoms with Crippen molar-refractivity contribution in [3.63, 3.8) is 0 Å². The lowest BCUT2D eigenvalue weighted by Crippen LogP contribution is -1.83. The molecule has 1 heterocycles. The lowest BCUT2D eigenvalue weighted by Gasteiger charge is -1.89. The largest absolute Gasteiger partial charge is 0.399 e. The molecule has 0 fully saturated rings. The molecule has 0 amide bonds. The van der Waals surface area contributed by atoms with E-state index in [-0.39, 0.29) is 5.01 Å². The van der Waals surface area contributed by atoms with Crippen LogP contribution in [0.15, 0.2) is 18.2 Å². The first-order chi connectivity index (χ1) is 6.16. The standard InChI is InChI=1S/C8H6F2N2S/c9-7(10)8-12-5-3-4(11)1-2-6(5)13-8/h1-3,7H,11H2. The molecule has 0 bridgehead atoms. The Bertz CT molecular complexity index is 439. The van der Waals surface area contributed by atoms with Crippen molar-refractivity contribution < 1.29 is 8.78 Å². The van der Waals surface area contributed by atoms with Gasteiger partial charge in [0.1, 0.15) is 0 Å². The summed E-state index contributed by atoms with van der Waals surface area (Å²) in [5, 5.41) is -0.152. The smallest absolute Gasteiger partial charge is 0.289 e. The zero-order chi connectivity index (χ0) is 9.42. The minimum atomic E-state index is -2.50. The minimum absolute atomic E-state index is 0.152. The van der Waals surface area contributed by atoms with Crippen LogP contribution in [-0.4, -0.2) is 4.98 Å². The van der Waals surface area contributed by atoms with Crippen LogP contribution in [0.1, 0.15) is 11.4 Å². The Hall–Kier alpha value is -1.23. The van der Waals surface area contributed by atoms with Crippen LogP contribution < -0.4 is 5.73 Å². The van der Waals surface area contributed by atoms with Crippen molar-refractivity contribution in [3.05, 3.63) is 23.2 Å². The minimum Gasteiger partial charge on any atom is -0.399 e. The lowest BCUT2D eigenvalue weighted by atomic mass is 10.3. The van der Waals surface area contributed by atoms with Gasteiger partial charge in [-0.3, -0.25) is 0 Å². The van der Waals surface area contributed by atoms with Crippen LogP contribution in [-0.2, 0) is 0 Å². The molecule has 0 spiro atoms. The predicted molar refractivity (Wildman–Crippen MR) is 49.0 cm³/mol. The van der Waals surface area contributed by atoms with E-state index >= 15 is 0 Å². The van der Waals surface area contributed by atoms with Crippen molar-refractivity contribution in [1.29, 1.82) is 0 Å². The number of aromatic nitrogens is 1. The number of thiazole rings is 1. The highest BCUT2D eigenvalue weighted by Crippen LogP contribution is 2.29. The zero-order valence-corrected chi connectivity index (χ0v) is 7.31. The van der Waals surface area contributed by atoms with Gasteiger partial charge < -0.3 is 5.73 Å². The molecule has 0 unspecified atom stereocenters. The number of alkyl halides is 2. The Kier molecular flexibility index (Phi) is 1.88. The fourth-order valence-electron chi connectivity index (χ4n) is 1.06. The lowest BCUT2D eigenvalue weighted by molar-refractivity contribution is 0.151. The van der Waals surface area contributed by atoms with Crippen LogP contribution in [0.4, 0.5) is 14.5 Å².